The predicted molar refractivity (Wildman–Crippen MR) is 83.3 cm³/mol. The maximum absolute atomic E-state index is 6.26. The van der Waals surface area contributed by atoms with Gasteiger partial charge in [0.2, 0.25) is 0 Å². The van der Waals surface area contributed by atoms with E-state index in [9.17, 15) is 0 Å². The topological polar surface area (TPSA) is 29.3 Å². The van der Waals surface area contributed by atoms with E-state index in [0.717, 1.165) is 47.7 Å². The molecule has 19 heavy (non-hydrogen) atoms. The number of halogens is 1. The Hall–Kier alpha value is -0.730. The molecule has 2 nitrogen and oxygen atoms in total. The fraction of sp³-hybridized carbons (Fsp3) is 0.625. The summed E-state index contributed by atoms with van der Waals surface area (Å²) in [7, 11) is 0. The van der Waals surface area contributed by atoms with Crippen LogP contribution in [-0.4, -0.2) is 18.0 Å². The monoisotopic (exact) mass is 280 g/mol. The van der Waals surface area contributed by atoms with Gasteiger partial charge in [0.1, 0.15) is 0 Å². The summed E-state index contributed by atoms with van der Waals surface area (Å²) in [5, 5.41) is 0.796. The standard InChI is InChI=1S/C16H25ClN2/c1-12(2)13-5-4-9-19(10-8-13)11-14-15(17)6-3-7-16(14)18/h3,6-7,12-13H,4-5,8-11,18H2,1-2H3. The molecule has 1 aromatic rings. The molecule has 2 rings (SSSR count). The van der Waals surface area contributed by atoms with Crippen LogP contribution >= 0.6 is 11.6 Å². The fourth-order valence-corrected chi connectivity index (χ4v) is 3.21. The Morgan fingerprint density at radius 3 is 2.79 bits per heavy atom. The number of benzene rings is 1. The molecule has 1 heterocycles. The van der Waals surface area contributed by atoms with E-state index in [-0.39, 0.29) is 0 Å². The number of anilines is 1. The van der Waals surface area contributed by atoms with Gasteiger partial charge in [-0.2, -0.15) is 0 Å². The van der Waals surface area contributed by atoms with Crippen molar-refractivity contribution in [3.05, 3.63) is 28.8 Å². The summed E-state index contributed by atoms with van der Waals surface area (Å²) in [4.78, 5) is 2.50. The van der Waals surface area contributed by atoms with Gasteiger partial charge in [-0.05, 0) is 56.3 Å². The van der Waals surface area contributed by atoms with Gasteiger partial charge in [0, 0.05) is 22.8 Å². The highest BCUT2D eigenvalue weighted by atomic mass is 35.5. The number of hydrogen-bond donors (Lipinski definition) is 1. The first-order valence-electron chi connectivity index (χ1n) is 7.33. The second-order valence-electron chi connectivity index (χ2n) is 6.02. The summed E-state index contributed by atoms with van der Waals surface area (Å²) in [5.74, 6) is 1.67. The average Bonchev–Trinajstić information content (AvgIpc) is 2.59. The van der Waals surface area contributed by atoms with Crippen molar-refractivity contribution < 1.29 is 0 Å². The van der Waals surface area contributed by atoms with E-state index in [1.807, 2.05) is 18.2 Å². The molecule has 3 heteroatoms. The van der Waals surface area contributed by atoms with Gasteiger partial charge in [0.25, 0.3) is 0 Å². The van der Waals surface area contributed by atoms with Crippen LogP contribution in [0.4, 0.5) is 5.69 Å². The van der Waals surface area contributed by atoms with Gasteiger partial charge in [-0.1, -0.05) is 31.5 Å². The lowest BCUT2D eigenvalue weighted by Gasteiger charge is -2.22. The Morgan fingerprint density at radius 2 is 2.11 bits per heavy atom. The normalized spacial score (nSPS) is 21.6. The van der Waals surface area contributed by atoms with Crippen LogP contribution in [0.1, 0.15) is 38.7 Å². The number of nitrogens with zero attached hydrogens (tertiary/aromatic N) is 1. The zero-order valence-electron chi connectivity index (χ0n) is 12.0. The van der Waals surface area contributed by atoms with Crippen molar-refractivity contribution in [2.24, 2.45) is 11.8 Å². The van der Waals surface area contributed by atoms with E-state index < -0.39 is 0 Å². The molecule has 1 fully saturated rings. The summed E-state index contributed by atoms with van der Waals surface area (Å²) >= 11 is 6.26. The lowest BCUT2D eigenvalue weighted by Crippen LogP contribution is -2.25. The van der Waals surface area contributed by atoms with Crippen LogP contribution in [-0.2, 0) is 6.54 Å². The molecule has 0 amide bonds. The number of hydrogen-bond acceptors (Lipinski definition) is 2. The maximum Gasteiger partial charge on any atom is 0.0471 e. The molecule has 1 atom stereocenters. The predicted octanol–water partition coefficient (Wildman–Crippen LogP) is 4.18. The maximum atomic E-state index is 6.26. The highest BCUT2D eigenvalue weighted by molar-refractivity contribution is 6.31. The van der Waals surface area contributed by atoms with E-state index in [2.05, 4.69) is 18.7 Å². The lowest BCUT2D eigenvalue weighted by atomic mass is 9.89. The third-order valence-electron chi connectivity index (χ3n) is 4.34. The van der Waals surface area contributed by atoms with E-state index in [4.69, 9.17) is 17.3 Å². The molecule has 1 saturated heterocycles. The zero-order chi connectivity index (χ0) is 13.8. The van der Waals surface area contributed by atoms with Crippen molar-refractivity contribution in [3.63, 3.8) is 0 Å². The molecular weight excluding hydrogens is 256 g/mol. The summed E-state index contributed by atoms with van der Waals surface area (Å²) < 4.78 is 0. The summed E-state index contributed by atoms with van der Waals surface area (Å²) in [5.41, 5.74) is 7.95. The molecule has 1 aliphatic heterocycles. The molecule has 2 N–H and O–H groups in total. The van der Waals surface area contributed by atoms with Crippen molar-refractivity contribution in [1.29, 1.82) is 0 Å². The highest BCUT2D eigenvalue weighted by Gasteiger charge is 2.20. The van der Waals surface area contributed by atoms with E-state index in [0.29, 0.717) is 0 Å². The van der Waals surface area contributed by atoms with Crippen LogP contribution in [0, 0.1) is 11.8 Å². The molecule has 0 bridgehead atoms. The van der Waals surface area contributed by atoms with Crippen LogP contribution in [0.3, 0.4) is 0 Å². The smallest absolute Gasteiger partial charge is 0.0471 e. The average molecular weight is 281 g/mol. The first-order chi connectivity index (χ1) is 9.08. The quantitative estimate of drug-likeness (QED) is 0.842. The van der Waals surface area contributed by atoms with E-state index in [1.54, 1.807) is 0 Å². The first kappa shape index (κ1) is 14.7. The van der Waals surface area contributed by atoms with E-state index in [1.165, 1.54) is 19.3 Å². The second kappa shape index (κ2) is 6.62. The minimum atomic E-state index is 0.796. The van der Waals surface area contributed by atoms with Crippen molar-refractivity contribution in [2.45, 2.75) is 39.7 Å². The number of likely N-dealkylation sites (tertiary alicyclic amines) is 1. The molecule has 1 aromatic carbocycles. The van der Waals surface area contributed by atoms with Gasteiger partial charge in [-0.25, -0.2) is 0 Å². The molecule has 0 aromatic heterocycles. The molecular formula is C16H25ClN2. The Bertz CT molecular complexity index is 397. The third-order valence-corrected chi connectivity index (χ3v) is 4.70. The Labute approximate surface area is 121 Å². The Balaban J connectivity index is 2.00. The van der Waals surface area contributed by atoms with Gasteiger partial charge in [0.15, 0.2) is 0 Å². The van der Waals surface area contributed by atoms with Crippen molar-refractivity contribution >= 4 is 17.3 Å². The van der Waals surface area contributed by atoms with Gasteiger partial charge < -0.3 is 5.73 Å². The summed E-state index contributed by atoms with van der Waals surface area (Å²) in [6.07, 6.45) is 3.93. The lowest BCUT2D eigenvalue weighted by molar-refractivity contribution is 0.265. The van der Waals surface area contributed by atoms with Crippen molar-refractivity contribution in [1.82, 2.24) is 4.90 Å². The molecule has 0 radical (unpaired) electrons. The molecule has 106 valence electrons. The van der Waals surface area contributed by atoms with E-state index >= 15 is 0 Å². The molecule has 0 aliphatic carbocycles. The van der Waals surface area contributed by atoms with Gasteiger partial charge >= 0.3 is 0 Å². The number of nitrogens with two attached hydrogens (primary N) is 1. The highest BCUT2D eigenvalue weighted by Crippen LogP contribution is 2.28. The molecule has 1 aliphatic rings. The number of nitrogen functional groups attached to an aromatic ring is 1. The van der Waals surface area contributed by atoms with Crippen LogP contribution in [0.2, 0.25) is 5.02 Å². The number of rotatable bonds is 3. The summed E-state index contributed by atoms with van der Waals surface area (Å²) in [6.45, 7) is 7.89. The van der Waals surface area contributed by atoms with Gasteiger partial charge in [-0.3, -0.25) is 4.90 Å². The molecule has 1 unspecified atom stereocenters. The Morgan fingerprint density at radius 1 is 1.32 bits per heavy atom. The molecule has 0 spiro atoms. The second-order valence-corrected chi connectivity index (χ2v) is 6.43. The van der Waals surface area contributed by atoms with Gasteiger partial charge in [-0.15, -0.1) is 0 Å². The van der Waals surface area contributed by atoms with Crippen LogP contribution in [0.25, 0.3) is 0 Å². The largest absolute Gasteiger partial charge is 0.398 e. The summed E-state index contributed by atoms with van der Waals surface area (Å²) in [6, 6.07) is 5.79. The first-order valence-corrected chi connectivity index (χ1v) is 7.71. The van der Waals surface area contributed by atoms with Crippen molar-refractivity contribution in [3.8, 4) is 0 Å². The Kier molecular flexibility index (Phi) is 5.12. The third kappa shape index (κ3) is 3.87. The SMILES string of the molecule is CC(C)C1CCCN(Cc2c(N)cccc2Cl)CC1. The minimum Gasteiger partial charge on any atom is -0.398 e. The minimum absolute atomic E-state index is 0.796. The molecule has 0 saturated carbocycles. The van der Waals surface area contributed by atoms with Crippen LogP contribution in [0.15, 0.2) is 18.2 Å². The zero-order valence-corrected chi connectivity index (χ0v) is 12.8. The van der Waals surface area contributed by atoms with Crippen LogP contribution in [0.5, 0.6) is 0 Å². The van der Waals surface area contributed by atoms with Crippen LogP contribution < -0.4 is 5.73 Å². The van der Waals surface area contributed by atoms with Gasteiger partial charge in [0.05, 0.1) is 0 Å². The van der Waals surface area contributed by atoms with Crippen molar-refractivity contribution in [2.75, 3.05) is 18.8 Å². The fourth-order valence-electron chi connectivity index (χ4n) is 2.97.